The summed E-state index contributed by atoms with van der Waals surface area (Å²) < 4.78 is 18.8. The molecule has 3 aromatic rings. The lowest BCUT2D eigenvalue weighted by Gasteiger charge is -2.24. The molecule has 0 N–H and O–H groups in total. The molecule has 1 amide bonds. The van der Waals surface area contributed by atoms with E-state index in [-0.39, 0.29) is 22.9 Å². The lowest BCUT2D eigenvalue weighted by molar-refractivity contribution is 0.0700. The maximum atomic E-state index is 13.2. The van der Waals surface area contributed by atoms with E-state index in [2.05, 4.69) is 0 Å². The highest BCUT2D eigenvalue weighted by Gasteiger charge is 2.20. The third-order valence-electron chi connectivity index (χ3n) is 4.24. The second kappa shape index (κ2) is 8.14. The Balaban J connectivity index is 1.91. The molecule has 1 aromatic heterocycles. The van der Waals surface area contributed by atoms with Gasteiger partial charge in [0.15, 0.2) is 11.2 Å². The smallest absolute Gasteiger partial charge is 0.290 e. The molecular weight excluding hydrogens is 347 g/mol. The molecule has 0 spiro atoms. The van der Waals surface area contributed by atoms with Crippen LogP contribution in [0.15, 0.2) is 63.8 Å². The van der Waals surface area contributed by atoms with E-state index in [1.165, 1.54) is 18.2 Å². The summed E-state index contributed by atoms with van der Waals surface area (Å²) in [6.07, 6.45) is 0. The molecule has 140 valence electrons. The van der Waals surface area contributed by atoms with E-state index in [1.54, 1.807) is 41.3 Å². The molecule has 0 saturated carbocycles. The van der Waals surface area contributed by atoms with Crippen molar-refractivity contribution in [2.75, 3.05) is 27.2 Å². The van der Waals surface area contributed by atoms with Crippen LogP contribution in [0.3, 0.4) is 0 Å². The van der Waals surface area contributed by atoms with Crippen LogP contribution in [0, 0.1) is 5.82 Å². The topological polar surface area (TPSA) is 53.8 Å². The van der Waals surface area contributed by atoms with Gasteiger partial charge in [-0.3, -0.25) is 9.59 Å². The van der Waals surface area contributed by atoms with Gasteiger partial charge in [-0.15, -0.1) is 0 Å². The van der Waals surface area contributed by atoms with Crippen molar-refractivity contribution in [3.05, 3.63) is 82.0 Å². The monoisotopic (exact) mass is 368 g/mol. The van der Waals surface area contributed by atoms with Crippen LogP contribution in [0.25, 0.3) is 11.0 Å². The molecule has 0 aliphatic carbocycles. The van der Waals surface area contributed by atoms with Gasteiger partial charge >= 0.3 is 0 Å². The molecule has 0 saturated heterocycles. The molecule has 0 aliphatic heterocycles. The van der Waals surface area contributed by atoms with Crippen molar-refractivity contribution in [3.63, 3.8) is 0 Å². The molecule has 2 aromatic carbocycles. The molecule has 0 fully saturated rings. The first-order valence-corrected chi connectivity index (χ1v) is 8.65. The van der Waals surface area contributed by atoms with Gasteiger partial charge in [0.25, 0.3) is 5.91 Å². The van der Waals surface area contributed by atoms with E-state index in [9.17, 15) is 14.0 Å². The molecule has 0 aliphatic rings. The molecule has 0 bridgehead atoms. The number of amides is 1. The average Bonchev–Trinajstić information content (AvgIpc) is 2.66. The van der Waals surface area contributed by atoms with Crippen molar-refractivity contribution in [1.29, 1.82) is 0 Å². The van der Waals surface area contributed by atoms with Gasteiger partial charge in [-0.25, -0.2) is 4.39 Å². The van der Waals surface area contributed by atoms with E-state index in [0.29, 0.717) is 30.6 Å². The van der Waals surface area contributed by atoms with Gasteiger partial charge < -0.3 is 14.2 Å². The van der Waals surface area contributed by atoms with Gasteiger partial charge in [0.2, 0.25) is 0 Å². The van der Waals surface area contributed by atoms with Crippen molar-refractivity contribution >= 4 is 16.9 Å². The minimum Gasteiger partial charge on any atom is -0.451 e. The quantitative estimate of drug-likeness (QED) is 0.671. The minimum atomic E-state index is -0.371. The number of hydrogen-bond acceptors (Lipinski definition) is 4. The summed E-state index contributed by atoms with van der Waals surface area (Å²) in [6.45, 7) is 1.38. The Labute approximate surface area is 156 Å². The largest absolute Gasteiger partial charge is 0.451 e. The van der Waals surface area contributed by atoms with E-state index in [0.717, 1.165) is 5.56 Å². The van der Waals surface area contributed by atoms with Crippen molar-refractivity contribution < 1.29 is 13.6 Å². The number of fused-ring (bicyclic) bond motifs is 1. The predicted molar refractivity (Wildman–Crippen MR) is 102 cm³/mol. The molecule has 5 nitrogen and oxygen atoms in total. The first kappa shape index (κ1) is 18.8. The number of nitrogens with zero attached hydrogens (tertiary/aromatic N) is 2. The second-order valence-corrected chi connectivity index (χ2v) is 6.63. The molecule has 0 unspecified atom stereocenters. The Hall–Kier alpha value is -2.99. The van der Waals surface area contributed by atoms with E-state index >= 15 is 0 Å². The highest BCUT2D eigenvalue weighted by molar-refractivity contribution is 5.93. The number of carbonyl (C=O) groups excluding carboxylic acids is 1. The van der Waals surface area contributed by atoms with E-state index in [4.69, 9.17) is 4.42 Å². The highest BCUT2D eigenvalue weighted by atomic mass is 19.1. The van der Waals surface area contributed by atoms with Gasteiger partial charge in [-0.1, -0.05) is 24.3 Å². The van der Waals surface area contributed by atoms with Crippen LogP contribution in [0.5, 0.6) is 0 Å². The zero-order valence-electron chi connectivity index (χ0n) is 15.3. The van der Waals surface area contributed by atoms with Crippen LogP contribution in [0.1, 0.15) is 16.1 Å². The fourth-order valence-corrected chi connectivity index (χ4v) is 2.75. The summed E-state index contributed by atoms with van der Waals surface area (Å²) in [7, 11) is 3.83. The Morgan fingerprint density at radius 3 is 2.44 bits per heavy atom. The normalized spacial score (nSPS) is 11.1. The summed E-state index contributed by atoms with van der Waals surface area (Å²) in [5.41, 5.74) is 0.920. The maximum Gasteiger partial charge on any atom is 0.290 e. The van der Waals surface area contributed by atoms with Crippen LogP contribution in [0.2, 0.25) is 0 Å². The molecule has 1 heterocycles. The van der Waals surface area contributed by atoms with Gasteiger partial charge in [0.05, 0.1) is 5.39 Å². The number of likely N-dealkylation sites (N-methyl/N-ethyl adjacent to an activating group) is 1. The van der Waals surface area contributed by atoms with E-state index in [1.807, 2.05) is 19.0 Å². The summed E-state index contributed by atoms with van der Waals surface area (Å²) >= 11 is 0. The van der Waals surface area contributed by atoms with Crippen LogP contribution < -0.4 is 5.43 Å². The standard InChI is InChI=1S/C21H21FN2O3/c1-23(2)11-12-24(14-15-7-9-16(22)10-8-15)21(26)20-13-18(25)17-5-3-4-6-19(17)27-20/h3-10,13H,11-12,14H2,1-2H3. The minimum absolute atomic E-state index is 0.000400. The van der Waals surface area contributed by atoms with Crippen molar-refractivity contribution in [3.8, 4) is 0 Å². The number of para-hydroxylation sites is 1. The Bertz CT molecular complexity index is 996. The van der Waals surface area contributed by atoms with Gasteiger partial charge in [0, 0.05) is 25.7 Å². The number of benzene rings is 2. The Morgan fingerprint density at radius 2 is 1.74 bits per heavy atom. The molecular formula is C21H21FN2O3. The van der Waals surface area contributed by atoms with E-state index < -0.39 is 0 Å². The molecule has 27 heavy (non-hydrogen) atoms. The number of carbonyl (C=O) groups is 1. The summed E-state index contributed by atoms with van der Waals surface area (Å²) in [5.74, 6) is -0.700. The number of hydrogen-bond donors (Lipinski definition) is 0. The zero-order chi connectivity index (χ0) is 19.4. The number of halogens is 1. The lowest BCUT2D eigenvalue weighted by Crippen LogP contribution is -2.36. The summed E-state index contributed by atoms with van der Waals surface area (Å²) in [4.78, 5) is 28.9. The molecule has 6 heteroatoms. The van der Waals surface area contributed by atoms with Crippen LogP contribution in [-0.2, 0) is 6.54 Å². The van der Waals surface area contributed by atoms with Gasteiger partial charge in [0.1, 0.15) is 11.4 Å². The number of rotatable bonds is 6. The maximum absolute atomic E-state index is 13.2. The molecule has 0 atom stereocenters. The average molecular weight is 368 g/mol. The van der Waals surface area contributed by atoms with Crippen molar-refractivity contribution in [2.24, 2.45) is 0 Å². The van der Waals surface area contributed by atoms with Crippen molar-refractivity contribution in [2.45, 2.75) is 6.54 Å². The fourth-order valence-electron chi connectivity index (χ4n) is 2.75. The first-order chi connectivity index (χ1) is 12.9. The first-order valence-electron chi connectivity index (χ1n) is 8.65. The van der Waals surface area contributed by atoms with Crippen LogP contribution in [-0.4, -0.2) is 42.9 Å². The second-order valence-electron chi connectivity index (χ2n) is 6.63. The van der Waals surface area contributed by atoms with Gasteiger partial charge in [-0.05, 0) is 43.9 Å². The van der Waals surface area contributed by atoms with Crippen molar-refractivity contribution in [1.82, 2.24) is 9.80 Å². The molecule has 0 radical (unpaired) electrons. The summed E-state index contributed by atoms with van der Waals surface area (Å²) in [6, 6.07) is 14.1. The molecule has 3 rings (SSSR count). The SMILES string of the molecule is CN(C)CCN(Cc1ccc(F)cc1)C(=O)c1cc(=O)c2ccccc2o1. The Morgan fingerprint density at radius 1 is 1.04 bits per heavy atom. The Kier molecular flexibility index (Phi) is 5.66. The summed E-state index contributed by atoms with van der Waals surface area (Å²) in [5, 5.41) is 0.437. The third-order valence-corrected chi connectivity index (χ3v) is 4.24. The van der Waals surface area contributed by atoms with Crippen LogP contribution >= 0.6 is 0 Å². The lowest BCUT2D eigenvalue weighted by atomic mass is 10.2. The predicted octanol–water partition coefficient (Wildman–Crippen LogP) is 3.14. The van der Waals surface area contributed by atoms with Gasteiger partial charge in [-0.2, -0.15) is 0 Å². The van der Waals surface area contributed by atoms with Crippen LogP contribution in [0.4, 0.5) is 4.39 Å². The highest BCUT2D eigenvalue weighted by Crippen LogP contribution is 2.15. The zero-order valence-corrected chi connectivity index (χ0v) is 15.3. The third kappa shape index (κ3) is 4.60. The fraction of sp³-hybridized carbons (Fsp3) is 0.238.